The normalized spacial score (nSPS) is 15.1. The minimum Gasteiger partial charge on any atom is -0.465 e. The van der Waals surface area contributed by atoms with Gasteiger partial charge in [0.05, 0.1) is 51.1 Å². The molecule has 0 spiro atoms. The van der Waals surface area contributed by atoms with Crippen molar-refractivity contribution in [3.05, 3.63) is 0 Å². The largest absolute Gasteiger partial charge is 0.465 e. The molecule has 0 aliphatic rings. The maximum Gasteiger partial charge on any atom is 0.310 e. The van der Waals surface area contributed by atoms with Gasteiger partial charge in [-0.1, -0.05) is 132 Å². The first-order chi connectivity index (χ1) is 23.1. The highest BCUT2D eigenvalue weighted by molar-refractivity contribution is 5.88. The average molecular weight is 683 g/mol. The second kappa shape index (κ2) is 29.8. The average Bonchev–Trinajstić information content (AvgIpc) is 3.09. The zero-order chi connectivity index (χ0) is 36.2. The Morgan fingerprint density at radius 2 is 0.646 bits per heavy atom. The Kier molecular flexibility index (Phi) is 28.5. The first kappa shape index (κ1) is 45.9. The van der Waals surface area contributed by atoms with Gasteiger partial charge in [0.25, 0.3) is 0 Å². The van der Waals surface area contributed by atoms with E-state index in [2.05, 4.69) is 55.4 Å². The van der Waals surface area contributed by atoms with Crippen LogP contribution in [-0.4, -0.2) is 50.3 Å². The van der Waals surface area contributed by atoms with E-state index >= 15 is 0 Å². The van der Waals surface area contributed by atoms with Gasteiger partial charge in [0, 0.05) is 0 Å². The van der Waals surface area contributed by atoms with Crippen molar-refractivity contribution in [1.29, 1.82) is 0 Å². The quantitative estimate of drug-likeness (QED) is 0.0526. The molecule has 8 nitrogen and oxygen atoms in total. The van der Waals surface area contributed by atoms with Crippen LogP contribution < -0.4 is 0 Å². The minimum absolute atomic E-state index is 0.179. The number of hydrogen-bond acceptors (Lipinski definition) is 8. The van der Waals surface area contributed by atoms with Gasteiger partial charge < -0.3 is 18.9 Å². The van der Waals surface area contributed by atoms with Crippen LogP contribution in [0.1, 0.15) is 171 Å². The summed E-state index contributed by atoms with van der Waals surface area (Å²) in [5, 5.41) is 0. The highest BCUT2D eigenvalue weighted by Gasteiger charge is 2.40. The van der Waals surface area contributed by atoms with Crippen molar-refractivity contribution in [2.24, 2.45) is 35.5 Å². The van der Waals surface area contributed by atoms with Crippen LogP contribution in [0.5, 0.6) is 0 Å². The molecule has 0 aliphatic heterocycles. The van der Waals surface area contributed by atoms with Gasteiger partial charge in [-0.05, 0) is 49.4 Å². The van der Waals surface area contributed by atoms with Gasteiger partial charge in [0.15, 0.2) is 0 Å². The molecule has 0 rings (SSSR count). The maximum absolute atomic E-state index is 13.8. The lowest BCUT2D eigenvalue weighted by molar-refractivity contribution is -0.169. The number of carbonyl (C=O) groups is 4. The predicted molar refractivity (Wildman–Crippen MR) is 193 cm³/mol. The van der Waals surface area contributed by atoms with Crippen molar-refractivity contribution in [3.8, 4) is 0 Å². The first-order valence-electron chi connectivity index (χ1n) is 19.8. The zero-order valence-electron chi connectivity index (χ0n) is 32.3. The van der Waals surface area contributed by atoms with Crippen molar-refractivity contribution >= 4 is 23.9 Å². The Balaban J connectivity index is 6.22. The zero-order valence-corrected chi connectivity index (χ0v) is 32.3. The third kappa shape index (κ3) is 21.1. The van der Waals surface area contributed by atoms with E-state index in [0.29, 0.717) is 0 Å². The number of rotatable bonds is 31. The van der Waals surface area contributed by atoms with E-state index in [1.54, 1.807) is 0 Å². The van der Waals surface area contributed by atoms with Crippen LogP contribution >= 0.6 is 0 Å². The molecule has 0 amide bonds. The molecule has 8 heteroatoms. The van der Waals surface area contributed by atoms with Crippen molar-refractivity contribution in [1.82, 2.24) is 0 Å². The summed E-state index contributed by atoms with van der Waals surface area (Å²) in [5.41, 5.74) is 0. The van der Waals surface area contributed by atoms with E-state index < -0.39 is 35.7 Å². The lowest BCUT2D eigenvalue weighted by Gasteiger charge is -2.26. The van der Waals surface area contributed by atoms with Gasteiger partial charge in [-0.2, -0.15) is 0 Å². The van der Waals surface area contributed by atoms with Gasteiger partial charge in [-0.25, -0.2) is 0 Å². The van der Waals surface area contributed by atoms with Crippen LogP contribution in [0.3, 0.4) is 0 Å². The lowest BCUT2D eigenvalue weighted by Crippen LogP contribution is -2.37. The second-order valence-corrected chi connectivity index (χ2v) is 13.9. The van der Waals surface area contributed by atoms with Crippen LogP contribution in [0.2, 0.25) is 0 Å². The molecule has 6 unspecified atom stereocenters. The molecule has 6 atom stereocenters. The smallest absolute Gasteiger partial charge is 0.310 e. The fourth-order valence-electron chi connectivity index (χ4n) is 5.88. The summed E-state index contributed by atoms with van der Waals surface area (Å²) in [6.45, 7) is 17.7. The molecule has 0 saturated heterocycles. The van der Waals surface area contributed by atoms with Crippen molar-refractivity contribution in [3.63, 3.8) is 0 Å². The standard InChI is InChI=1S/C40H74O8/c1-9-17-21-31(13-5)27-45-37(41)25-35(39(43)47-29-33(15-7)23-19-11-3)36(40(44)48-30-34(16-8)24-20-12-4)26-38(42)46-28-32(14-6)22-18-10-2/h31-36H,9-30H2,1-8H3. The van der Waals surface area contributed by atoms with Gasteiger partial charge in [-0.15, -0.1) is 0 Å². The summed E-state index contributed by atoms with van der Waals surface area (Å²) in [4.78, 5) is 54.2. The summed E-state index contributed by atoms with van der Waals surface area (Å²) in [6, 6.07) is 0. The number of esters is 4. The number of ether oxygens (including phenoxy) is 4. The Morgan fingerprint density at radius 3 is 0.875 bits per heavy atom. The molecule has 0 aromatic carbocycles. The fraction of sp³-hybridized carbons (Fsp3) is 0.900. The Labute approximate surface area is 294 Å². The molecule has 0 radical (unpaired) electrons. The van der Waals surface area contributed by atoms with E-state index in [1.165, 1.54) is 0 Å². The van der Waals surface area contributed by atoms with Gasteiger partial charge >= 0.3 is 23.9 Å². The summed E-state index contributed by atoms with van der Waals surface area (Å²) in [7, 11) is 0. The molecule has 0 fully saturated rings. The van der Waals surface area contributed by atoms with Crippen LogP contribution in [-0.2, 0) is 38.1 Å². The highest BCUT2D eigenvalue weighted by atomic mass is 16.6. The number of carbonyl (C=O) groups excluding carboxylic acids is 4. The third-order valence-electron chi connectivity index (χ3n) is 9.92. The molecule has 48 heavy (non-hydrogen) atoms. The van der Waals surface area contributed by atoms with E-state index in [0.717, 1.165) is 103 Å². The molecule has 0 bridgehead atoms. The number of unbranched alkanes of at least 4 members (excludes halogenated alkanes) is 4. The molecule has 0 heterocycles. The van der Waals surface area contributed by atoms with Crippen LogP contribution in [0.4, 0.5) is 0 Å². The second-order valence-electron chi connectivity index (χ2n) is 13.9. The van der Waals surface area contributed by atoms with E-state index in [9.17, 15) is 19.2 Å². The Bertz CT molecular complexity index is 775. The molecule has 0 aromatic heterocycles. The molecular formula is C40H74O8. The third-order valence-corrected chi connectivity index (χ3v) is 9.92. The van der Waals surface area contributed by atoms with Gasteiger partial charge in [-0.3, -0.25) is 19.2 Å². The van der Waals surface area contributed by atoms with Crippen molar-refractivity contribution in [2.45, 2.75) is 171 Å². The van der Waals surface area contributed by atoms with Crippen molar-refractivity contribution in [2.75, 3.05) is 26.4 Å². The molecule has 282 valence electrons. The van der Waals surface area contributed by atoms with Crippen LogP contribution in [0.25, 0.3) is 0 Å². The van der Waals surface area contributed by atoms with E-state index in [4.69, 9.17) is 18.9 Å². The first-order valence-corrected chi connectivity index (χ1v) is 19.8. The summed E-state index contributed by atoms with van der Waals surface area (Å²) < 4.78 is 23.0. The maximum atomic E-state index is 13.8. The fourth-order valence-corrected chi connectivity index (χ4v) is 5.88. The molecule has 0 N–H and O–H groups in total. The van der Waals surface area contributed by atoms with Gasteiger partial charge in [0.1, 0.15) is 0 Å². The molecule has 0 aliphatic carbocycles. The SMILES string of the molecule is CCCCC(CC)COC(=O)CC(C(=O)OCC(CC)CCCC)C(CC(=O)OCC(CC)CCCC)C(=O)OCC(CC)CCCC. The number of hydrogen-bond donors (Lipinski definition) is 0. The molecule has 0 saturated carbocycles. The van der Waals surface area contributed by atoms with Crippen LogP contribution in [0.15, 0.2) is 0 Å². The minimum atomic E-state index is -1.21. The highest BCUT2D eigenvalue weighted by Crippen LogP contribution is 2.27. The topological polar surface area (TPSA) is 105 Å². The van der Waals surface area contributed by atoms with Crippen molar-refractivity contribution < 1.29 is 38.1 Å². The monoisotopic (exact) mass is 683 g/mol. The Hall–Kier alpha value is -2.12. The van der Waals surface area contributed by atoms with Gasteiger partial charge in [0.2, 0.25) is 0 Å². The van der Waals surface area contributed by atoms with Crippen LogP contribution in [0, 0.1) is 35.5 Å². The van der Waals surface area contributed by atoms with E-state index in [-0.39, 0.29) is 62.9 Å². The summed E-state index contributed by atoms with van der Waals surface area (Å²) in [5.74, 6) is -4.09. The lowest BCUT2D eigenvalue weighted by atomic mass is 9.86. The predicted octanol–water partition coefficient (Wildman–Crippen LogP) is 10.0. The summed E-state index contributed by atoms with van der Waals surface area (Å²) >= 11 is 0. The summed E-state index contributed by atoms with van der Waals surface area (Å²) in [6.07, 6.45) is 14.8. The Morgan fingerprint density at radius 1 is 0.396 bits per heavy atom. The molecule has 0 aromatic rings. The molecular weight excluding hydrogens is 608 g/mol. The van der Waals surface area contributed by atoms with E-state index in [1.807, 2.05) is 0 Å².